The highest BCUT2D eigenvalue weighted by molar-refractivity contribution is 8.00. The molecule has 0 unspecified atom stereocenters. The Morgan fingerprint density at radius 2 is 1.73 bits per heavy atom. The van der Waals surface area contributed by atoms with E-state index in [-0.39, 0.29) is 36.5 Å². The van der Waals surface area contributed by atoms with Crippen LogP contribution in [0.3, 0.4) is 0 Å². The van der Waals surface area contributed by atoms with E-state index in [1.54, 1.807) is 0 Å². The fraction of sp³-hybridized carbons (Fsp3) is 0.833. The molecule has 7 N–H and O–H groups in total. The van der Waals surface area contributed by atoms with Crippen molar-refractivity contribution in [1.29, 1.82) is 0 Å². The predicted octanol–water partition coefficient (Wildman–Crippen LogP) is -1.56. The van der Waals surface area contributed by atoms with Crippen molar-refractivity contribution in [3.05, 3.63) is 0 Å². The van der Waals surface area contributed by atoms with Gasteiger partial charge in [0, 0.05) is 30.5 Å². The van der Waals surface area contributed by atoms with Gasteiger partial charge in [0.2, 0.25) is 11.8 Å². The molecule has 2 heterocycles. The Balaban J connectivity index is 1.34. The van der Waals surface area contributed by atoms with Gasteiger partial charge in [-0.15, -0.1) is 0 Å². The molecule has 2 rings (SSSR count). The Bertz CT molecular complexity index is 555. The number of thioether (sulfide) groups is 1. The third kappa shape index (κ3) is 9.47. The molecule has 172 valence electrons. The molecule has 11 nitrogen and oxygen atoms in total. The maximum Gasteiger partial charge on any atom is 0.315 e. The molecule has 30 heavy (non-hydrogen) atoms. The van der Waals surface area contributed by atoms with Crippen LogP contribution in [0.2, 0.25) is 0 Å². The molecular formula is C18H34N6O5S. The monoisotopic (exact) mass is 446 g/mol. The summed E-state index contributed by atoms with van der Waals surface area (Å²) in [4.78, 5) is 34.3. The Kier molecular flexibility index (Phi) is 11.9. The van der Waals surface area contributed by atoms with E-state index in [1.807, 2.05) is 11.8 Å². The average molecular weight is 447 g/mol. The average Bonchev–Trinajstić information content (AvgIpc) is 3.26. The van der Waals surface area contributed by atoms with Crippen molar-refractivity contribution in [3.8, 4) is 0 Å². The maximum atomic E-state index is 11.9. The summed E-state index contributed by atoms with van der Waals surface area (Å²) in [5.41, 5.74) is 2.27. The van der Waals surface area contributed by atoms with Crippen LogP contribution >= 0.6 is 11.8 Å². The highest BCUT2D eigenvalue weighted by atomic mass is 32.2. The molecule has 4 amide bonds. The normalized spacial score (nSPS) is 22.3. The van der Waals surface area contributed by atoms with E-state index >= 15 is 0 Å². The van der Waals surface area contributed by atoms with E-state index < -0.39 is 0 Å². The first kappa shape index (κ1) is 24.7. The van der Waals surface area contributed by atoms with Crippen molar-refractivity contribution >= 4 is 29.6 Å². The number of hydrogen-bond donors (Lipinski definition) is 6. The van der Waals surface area contributed by atoms with Crippen LogP contribution in [0.5, 0.6) is 0 Å². The minimum Gasteiger partial charge on any atom is -0.377 e. The molecule has 0 spiro atoms. The second-order valence-corrected chi connectivity index (χ2v) is 8.45. The molecule has 12 heteroatoms. The third-order valence-corrected chi connectivity index (χ3v) is 6.36. The van der Waals surface area contributed by atoms with Gasteiger partial charge in [-0.1, -0.05) is 6.42 Å². The van der Waals surface area contributed by atoms with Crippen LogP contribution in [0.25, 0.3) is 0 Å². The SMILES string of the molecule is NNCC(=O)NCCOCCOCCNC(=O)CCCC[C@@H]1SC[C@@H]2NC(=O)N[C@@H]21. The molecule has 0 bridgehead atoms. The highest BCUT2D eigenvalue weighted by Gasteiger charge is 2.42. The van der Waals surface area contributed by atoms with Crippen molar-refractivity contribution < 1.29 is 23.9 Å². The standard InChI is InChI=1S/C18H34N6O5S/c19-22-11-16(26)21-6-8-29-10-9-28-7-5-20-15(25)4-2-1-3-14-17-13(12-30-14)23-18(27)24-17/h13-14,17,22H,1-12,19H2,(H,20,25)(H,21,26)(H2,23,24,27)/t13-,14-,17-/m0/s1. The van der Waals surface area contributed by atoms with Gasteiger partial charge in [0.25, 0.3) is 0 Å². The first-order valence-corrected chi connectivity index (χ1v) is 11.5. The molecule has 0 aromatic heterocycles. The second-order valence-electron chi connectivity index (χ2n) is 7.17. The summed E-state index contributed by atoms with van der Waals surface area (Å²) in [5.74, 6) is 5.84. The fourth-order valence-electron chi connectivity index (χ4n) is 3.36. The number of carbonyl (C=O) groups excluding carboxylic acids is 3. The van der Waals surface area contributed by atoms with Gasteiger partial charge >= 0.3 is 6.03 Å². The van der Waals surface area contributed by atoms with Crippen molar-refractivity contribution in [2.75, 3.05) is 51.8 Å². The number of nitrogens with two attached hydrogens (primary N) is 1. The molecule has 2 fully saturated rings. The van der Waals surface area contributed by atoms with Crippen LogP contribution in [-0.2, 0) is 19.1 Å². The predicted molar refractivity (Wildman–Crippen MR) is 114 cm³/mol. The number of ether oxygens (including phenoxy) is 2. The van der Waals surface area contributed by atoms with Crippen molar-refractivity contribution in [1.82, 2.24) is 26.7 Å². The van der Waals surface area contributed by atoms with E-state index in [0.717, 1.165) is 25.0 Å². The molecule has 0 aromatic carbocycles. The molecule has 0 radical (unpaired) electrons. The van der Waals surface area contributed by atoms with Crippen molar-refractivity contribution in [3.63, 3.8) is 0 Å². The highest BCUT2D eigenvalue weighted by Crippen LogP contribution is 2.33. The van der Waals surface area contributed by atoms with Crippen LogP contribution in [0.15, 0.2) is 0 Å². The number of carbonyl (C=O) groups is 3. The molecule has 3 atom stereocenters. The summed E-state index contributed by atoms with van der Waals surface area (Å²) in [6.45, 7) is 2.66. The Morgan fingerprint density at radius 1 is 1.03 bits per heavy atom. The van der Waals surface area contributed by atoms with Crippen molar-refractivity contribution in [2.45, 2.75) is 43.0 Å². The minimum atomic E-state index is -0.182. The molecular weight excluding hydrogens is 412 g/mol. The largest absolute Gasteiger partial charge is 0.377 e. The lowest BCUT2D eigenvalue weighted by atomic mass is 10.0. The maximum absolute atomic E-state index is 11.9. The lowest BCUT2D eigenvalue weighted by molar-refractivity contribution is -0.122. The topological polar surface area (TPSA) is 156 Å². The second kappa shape index (κ2) is 14.4. The number of hydrazine groups is 1. The molecule has 2 aliphatic rings. The van der Waals surface area contributed by atoms with E-state index in [1.165, 1.54) is 0 Å². The number of hydrogen-bond acceptors (Lipinski definition) is 8. The zero-order chi connectivity index (χ0) is 21.6. The van der Waals surface area contributed by atoms with Gasteiger partial charge < -0.3 is 30.7 Å². The van der Waals surface area contributed by atoms with Gasteiger partial charge in [-0.3, -0.25) is 20.9 Å². The van der Waals surface area contributed by atoms with Gasteiger partial charge in [-0.25, -0.2) is 4.79 Å². The number of unbranched alkanes of at least 4 members (excludes halogenated alkanes) is 1. The summed E-state index contributed by atoms with van der Waals surface area (Å²) in [6, 6.07) is 0.415. The van der Waals surface area contributed by atoms with E-state index in [9.17, 15) is 14.4 Å². The van der Waals surface area contributed by atoms with Gasteiger partial charge in [0.05, 0.1) is 45.1 Å². The van der Waals surface area contributed by atoms with Crippen LogP contribution in [-0.4, -0.2) is 87.0 Å². The summed E-state index contributed by atoms with van der Waals surface area (Å²) in [5, 5.41) is 11.9. The number of urea groups is 1. The molecule has 0 saturated carbocycles. The summed E-state index contributed by atoms with van der Waals surface area (Å²) in [7, 11) is 0. The Hall–Kier alpha value is -1.60. The molecule has 0 aliphatic carbocycles. The number of rotatable bonds is 16. The fourth-order valence-corrected chi connectivity index (χ4v) is 4.91. The van der Waals surface area contributed by atoms with Gasteiger partial charge in [-0.05, 0) is 12.8 Å². The van der Waals surface area contributed by atoms with Crippen LogP contribution in [0.1, 0.15) is 25.7 Å². The quantitative estimate of drug-likeness (QED) is 0.0720. The van der Waals surface area contributed by atoms with Crippen LogP contribution < -0.4 is 32.5 Å². The third-order valence-electron chi connectivity index (χ3n) is 4.85. The van der Waals surface area contributed by atoms with Gasteiger partial charge in [0.1, 0.15) is 0 Å². The number of nitrogens with one attached hydrogen (secondary N) is 5. The zero-order valence-electron chi connectivity index (χ0n) is 17.2. The molecule has 2 aliphatic heterocycles. The summed E-state index contributed by atoms with van der Waals surface area (Å²) < 4.78 is 10.7. The van der Waals surface area contributed by atoms with Crippen LogP contribution in [0, 0.1) is 0 Å². The minimum absolute atomic E-state index is 0.0327. The van der Waals surface area contributed by atoms with E-state index in [4.69, 9.17) is 15.3 Å². The summed E-state index contributed by atoms with van der Waals surface area (Å²) >= 11 is 1.90. The summed E-state index contributed by atoms with van der Waals surface area (Å²) in [6.07, 6.45) is 3.33. The van der Waals surface area contributed by atoms with Gasteiger partial charge in [-0.2, -0.15) is 11.8 Å². The van der Waals surface area contributed by atoms with Crippen molar-refractivity contribution in [2.24, 2.45) is 5.84 Å². The number of fused-ring (bicyclic) bond motifs is 1. The lowest BCUT2D eigenvalue weighted by Crippen LogP contribution is -2.38. The smallest absolute Gasteiger partial charge is 0.315 e. The molecule has 2 saturated heterocycles. The Morgan fingerprint density at radius 3 is 2.43 bits per heavy atom. The first-order chi connectivity index (χ1) is 14.6. The molecule has 0 aromatic rings. The van der Waals surface area contributed by atoms with E-state index in [2.05, 4.69) is 26.7 Å². The zero-order valence-corrected chi connectivity index (χ0v) is 18.1. The van der Waals surface area contributed by atoms with E-state index in [0.29, 0.717) is 51.2 Å². The first-order valence-electron chi connectivity index (χ1n) is 10.4. The number of amides is 4. The van der Waals surface area contributed by atoms with Crippen LogP contribution in [0.4, 0.5) is 4.79 Å². The lowest BCUT2D eigenvalue weighted by Gasteiger charge is -2.16. The Labute approximate surface area is 181 Å². The van der Waals surface area contributed by atoms with Gasteiger partial charge in [0.15, 0.2) is 0 Å².